The van der Waals surface area contributed by atoms with Crippen molar-refractivity contribution < 1.29 is 15.3 Å². The molecular formula is C26H46N2O3. The van der Waals surface area contributed by atoms with Crippen molar-refractivity contribution in [2.45, 2.75) is 85.0 Å². The second kappa shape index (κ2) is 9.17. The van der Waals surface area contributed by atoms with Crippen LogP contribution in [0, 0.1) is 39.9 Å². The minimum absolute atomic E-state index is 0.105. The zero-order valence-corrected chi connectivity index (χ0v) is 20.1. The summed E-state index contributed by atoms with van der Waals surface area (Å²) in [5.41, 5.74) is 6.48. The third-order valence-electron chi connectivity index (χ3n) is 10.1. The minimum Gasteiger partial charge on any atom is -0.405 e. The minimum atomic E-state index is -0.565. The van der Waals surface area contributed by atoms with Crippen molar-refractivity contribution in [3.63, 3.8) is 0 Å². The molecule has 0 amide bonds. The molecule has 0 radical (unpaired) electrons. The molecule has 6 N–H and O–H groups in total. The summed E-state index contributed by atoms with van der Waals surface area (Å²) in [5, 5.41) is 35.2. The van der Waals surface area contributed by atoms with Crippen LogP contribution in [0.4, 0.5) is 0 Å². The molecule has 0 aliphatic heterocycles. The van der Waals surface area contributed by atoms with Crippen molar-refractivity contribution in [2.75, 3.05) is 13.2 Å². The molecule has 3 rings (SSSR count). The number of allylic oxidation sites excluding steroid dienone is 2. The van der Waals surface area contributed by atoms with Gasteiger partial charge < -0.3 is 21.1 Å². The number of hydrogen-bond donors (Lipinski definition) is 5. The average molecular weight is 435 g/mol. The third kappa shape index (κ3) is 3.70. The molecule has 0 bridgehead atoms. The third-order valence-corrected chi connectivity index (χ3v) is 10.1. The van der Waals surface area contributed by atoms with Crippen LogP contribution in [0.1, 0.15) is 72.6 Å². The predicted octanol–water partition coefficient (Wildman–Crippen LogP) is 3.55. The van der Waals surface area contributed by atoms with Crippen LogP contribution in [-0.2, 0) is 0 Å². The van der Waals surface area contributed by atoms with E-state index < -0.39 is 12.3 Å². The Morgan fingerprint density at radius 2 is 1.94 bits per heavy atom. The molecule has 0 heterocycles. The van der Waals surface area contributed by atoms with E-state index in [0.717, 1.165) is 45.1 Å². The van der Waals surface area contributed by atoms with Crippen LogP contribution >= 0.6 is 0 Å². The van der Waals surface area contributed by atoms with E-state index in [1.165, 1.54) is 5.57 Å². The molecule has 3 aliphatic carbocycles. The highest BCUT2D eigenvalue weighted by Gasteiger charge is 2.68. The number of nitrogens with two attached hydrogens (primary N) is 1. The fourth-order valence-corrected chi connectivity index (χ4v) is 8.14. The van der Waals surface area contributed by atoms with E-state index in [4.69, 9.17) is 10.8 Å². The second-order valence-electron chi connectivity index (χ2n) is 11.3. The van der Waals surface area contributed by atoms with Gasteiger partial charge in [-0.3, -0.25) is 5.32 Å². The molecule has 0 aromatic heterocycles. The van der Waals surface area contributed by atoms with Gasteiger partial charge in [0, 0.05) is 23.4 Å². The number of nitrogens with one attached hydrogen (secondary N) is 1. The lowest BCUT2D eigenvalue weighted by atomic mass is 9.40. The van der Waals surface area contributed by atoms with Gasteiger partial charge in [-0.15, -0.1) is 6.58 Å². The zero-order valence-electron chi connectivity index (χ0n) is 20.1. The van der Waals surface area contributed by atoms with Crippen molar-refractivity contribution in [3.05, 3.63) is 24.4 Å². The Morgan fingerprint density at radius 1 is 1.23 bits per heavy atom. The highest BCUT2D eigenvalue weighted by Crippen LogP contribution is 2.71. The van der Waals surface area contributed by atoms with Crippen LogP contribution in [0.3, 0.4) is 0 Å². The summed E-state index contributed by atoms with van der Waals surface area (Å²) in [4.78, 5) is 0. The maximum Gasteiger partial charge on any atom is 0.108 e. The van der Waals surface area contributed by atoms with Gasteiger partial charge >= 0.3 is 0 Å². The first-order valence-corrected chi connectivity index (χ1v) is 12.4. The van der Waals surface area contributed by atoms with Crippen molar-refractivity contribution >= 4 is 0 Å². The first kappa shape index (κ1) is 24.8. The smallest absolute Gasteiger partial charge is 0.108 e. The lowest BCUT2D eigenvalue weighted by Crippen LogP contribution is -2.63. The normalized spacial score (nSPS) is 47.1. The maximum absolute atomic E-state index is 11.7. The molecule has 5 heteroatoms. The molecule has 0 aromatic rings. The molecule has 5 nitrogen and oxygen atoms in total. The van der Waals surface area contributed by atoms with Crippen LogP contribution in [0.5, 0.6) is 0 Å². The van der Waals surface area contributed by atoms with E-state index in [2.05, 4.69) is 39.6 Å². The molecule has 0 spiro atoms. The number of hydrogen-bond acceptors (Lipinski definition) is 5. The molecule has 9 atom stereocenters. The predicted molar refractivity (Wildman–Crippen MR) is 126 cm³/mol. The Bertz CT molecular complexity index is 682. The second-order valence-corrected chi connectivity index (χ2v) is 11.3. The van der Waals surface area contributed by atoms with Crippen LogP contribution in [0.2, 0.25) is 0 Å². The summed E-state index contributed by atoms with van der Waals surface area (Å²) < 4.78 is 0. The van der Waals surface area contributed by atoms with E-state index in [1.54, 1.807) is 6.20 Å². The number of rotatable bonds is 8. The molecule has 3 aliphatic rings. The first-order chi connectivity index (χ1) is 14.6. The van der Waals surface area contributed by atoms with Crippen LogP contribution in [0.25, 0.3) is 0 Å². The largest absolute Gasteiger partial charge is 0.405 e. The summed E-state index contributed by atoms with van der Waals surface area (Å²) in [6.07, 6.45) is 9.22. The molecule has 9 unspecified atom stereocenters. The van der Waals surface area contributed by atoms with E-state index in [-0.39, 0.29) is 28.8 Å². The fraction of sp³-hybridized carbons (Fsp3) is 0.846. The number of aliphatic hydroxyl groups excluding tert-OH is 3. The fourth-order valence-electron chi connectivity index (χ4n) is 8.14. The quantitative estimate of drug-likeness (QED) is 0.229. The lowest BCUT2D eigenvalue weighted by Gasteiger charge is -2.65. The van der Waals surface area contributed by atoms with Gasteiger partial charge in [0.2, 0.25) is 0 Å². The van der Waals surface area contributed by atoms with Gasteiger partial charge in [0.25, 0.3) is 0 Å². The molecule has 178 valence electrons. The van der Waals surface area contributed by atoms with Crippen molar-refractivity contribution in [1.82, 2.24) is 5.32 Å². The molecule has 31 heavy (non-hydrogen) atoms. The Kier molecular flexibility index (Phi) is 7.32. The molecular weight excluding hydrogens is 388 g/mol. The van der Waals surface area contributed by atoms with Crippen molar-refractivity contribution in [2.24, 2.45) is 45.7 Å². The molecule has 0 saturated heterocycles. The lowest BCUT2D eigenvalue weighted by molar-refractivity contribution is -0.183. The highest BCUT2D eigenvalue weighted by molar-refractivity contribution is 5.31. The zero-order chi connectivity index (χ0) is 23.0. The number of fused-ring (bicyclic) bond motifs is 3. The van der Waals surface area contributed by atoms with Crippen LogP contribution < -0.4 is 11.1 Å². The van der Waals surface area contributed by atoms with E-state index >= 15 is 0 Å². The Balaban J connectivity index is 1.86. The van der Waals surface area contributed by atoms with E-state index in [9.17, 15) is 10.2 Å². The van der Waals surface area contributed by atoms with Crippen molar-refractivity contribution in [3.8, 4) is 0 Å². The van der Waals surface area contributed by atoms with Gasteiger partial charge in [0.05, 0.1) is 6.10 Å². The number of unbranched alkanes of at least 4 members (excludes halogenated alkanes) is 2. The van der Waals surface area contributed by atoms with Gasteiger partial charge in [-0.2, -0.15) is 0 Å². The van der Waals surface area contributed by atoms with Crippen LogP contribution in [0.15, 0.2) is 24.4 Å². The van der Waals surface area contributed by atoms with Gasteiger partial charge in [0.15, 0.2) is 0 Å². The summed E-state index contributed by atoms with van der Waals surface area (Å²) >= 11 is 0. The van der Waals surface area contributed by atoms with Crippen LogP contribution in [-0.4, -0.2) is 40.8 Å². The Hall–Kier alpha value is -0.880. The summed E-state index contributed by atoms with van der Waals surface area (Å²) in [5.74, 6) is 1.35. The highest BCUT2D eigenvalue weighted by atomic mass is 16.3. The Morgan fingerprint density at radius 3 is 2.55 bits per heavy atom. The van der Waals surface area contributed by atoms with Gasteiger partial charge in [-0.1, -0.05) is 33.8 Å². The van der Waals surface area contributed by atoms with Gasteiger partial charge in [0.1, 0.15) is 6.23 Å². The van der Waals surface area contributed by atoms with Gasteiger partial charge in [-0.25, -0.2) is 0 Å². The monoisotopic (exact) mass is 434 g/mol. The molecule has 3 saturated carbocycles. The summed E-state index contributed by atoms with van der Waals surface area (Å²) in [7, 11) is 0. The average Bonchev–Trinajstić information content (AvgIpc) is 2.99. The first-order valence-electron chi connectivity index (χ1n) is 12.4. The SMILES string of the molecule is C=CC1(C)/C(=C\N)CCC2C3CC(C)C(C(O)NCCCCCO)C3(C)CC(O)C21C. The Labute approximate surface area is 189 Å². The van der Waals surface area contributed by atoms with E-state index in [1.807, 2.05) is 6.08 Å². The maximum atomic E-state index is 11.7. The van der Waals surface area contributed by atoms with Gasteiger partial charge in [-0.05, 0) is 86.4 Å². The summed E-state index contributed by atoms with van der Waals surface area (Å²) in [6.45, 7) is 14.2. The van der Waals surface area contributed by atoms with Crippen molar-refractivity contribution in [1.29, 1.82) is 0 Å². The topological polar surface area (TPSA) is 98.7 Å². The molecule has 0 aromatic carbocycles. The molecule has 3 fully saturated rings. The summed E-state index contributed by atoms with van der Waals surface area (Å²) in [6, 6.07) is 0. The van der Waals surface area contributed by atoms with E-state index in [0.29, 0.717) is 24.2 Å². The number of aliphatic hydroxyl groups is 3. The standard InChI is InChI=1S/C26H46N2O3/c1-6-25(4)18(16-27)10-11-19-20-14-17(2)22(23(31)28-12-8-7-9-13-29)24(20,3)15-21(30)26(19,25)5/h6,16-17,19-23,28-31H,1,7-15,27H2,2-5H3/b18-16-.